The molecule has 2 aliphatic rings. The number of benzene rings is 3. The van der Waals surface area contributed by atoms with Crippen LogP contribution in [0.1, 0.15) is 38.8 Å². The first kappa shape index (κ1) is 24.8. The molecule has 192 valence electrons. The number of anilines is 3. The molecule has 2 saturated heterocycles. The third-order valence-electron chi connectivity index (χ3n) is 7.06. The van der Waals surface area contributed by atoms with Gasteiger partial charge in [0.2, 0.25) is 5.91 Å². The van der Waals surface area contributed by atoms with Crippen LogP contribution in [-0.2, 0) is 14.4 Å². The van der Waals surface area contributed by atoms with E-state index in [9.17, 15) is 9.59 Å². The Morgan fingerprint density at radius 2 is 1.49 bits per heavy atom. The predicted molar refractivity (Wildman–Crippen MR) is 145 cm³/mol. The van der Waals surface area contributed by atoms with Gasteiger partial charge in [0, 0.05) is 18.8 Å². The Hall–Kier alpha value is -3.84. The lowest BCUT2D eigenvalue weighted by atomic mass is 9.90. The zero-order chi connectivity index (χ0) is 25.9. The van der Waals surface area contributed by atoms with E-state index < -0.39 is 18.1 Å². The number of carbonyl (C=O) groups is 2. The minimum Gasteiger partial charge on any atom is -0.494 e. The van der Waals surface area contributed by atoms with E-state index in [1.54, 1.807) is 29.3 Å². The summed E-state index contributed by atoms with van der Waals surface area (Å²) in [5.74, 6) is -0.556. The molecule has 0 unspecified atom stereocenters. The molecule has 2 amide bonds. The molecule has 3 aromatic carbocycles. The number of nitrogens with zero attached hydrogens (tertiary/aromatic N) is 3. The molecule has 0 N–H and O–H groups in total. The second kappa shape index (κ2) is 10.6. The van der Waals surface area contributed by atoms with Crippen molar-refractivity contribution in [1.82, 2.24) is 0 Å². The van der Waals surface area contributed by atoms with Crippen LogP contribution < -0.4 is 19.6 Å². The summed E-state index contributed by atoms with van der Waals surface area (Å²) in [6.07, 6.45) is 0.0111. The minimum atomic E-state index is -0.892. The molecule has 7 nitrogen and oxygen atoms in total. The van der Waals surface area contributed by atoms with Crippen LogP contribution in [0.4, 0.5) is 17.1 Å². The minimum absolute atomic E-state index is 0.256. The topological polar surface area (TPSA) is 62.3 Å². The molecule has 5 rings (SSSR count). The van der Waals surface area contributed by atoms with E-state index in [1.165, 1.54) is 4.90 Å². The number of carbonyl (C=O) groups excluding carboxylic acids is 2. The van der Waals surface area contributed by atoms with E-state index in [1.807, 2.05) is 49.4 Å². The summed E-state index contributed by atoms with van der Waals surface area (Å²) >= 11 is 0. The van der Waals surface area contributed by atoms with Crippen molar-refractivity contribution in [1.29, 1.82) is 0 Å². The number of hydroxylamine groups is 1. The normalized spacial score (nSPS) is 20.9. The highest BCUT2D eigenvalue weighted by atomic mass is 16.7. The number of amides is 2. The maximum Gasteiger partial charge on any atom is 0.266 e. The van der Waals surface area contributed by atoms with Crippen LogP contribution in [0.15, 0.2) is 78.9 Å². The van der Waals surface area contributed by atoms with E-state index in [0.717, 1.165) is 36.4 Å². The highest BCUT2D eigenvalue weighted by molar-refractivity contribution is 6.23. The highest BCUT2D eigenvalue weighted by Gasteiger charge is 2.60. The Morgan fingerprint density at radius 3 is 2.11 bits per heavy atom. The highest BCUT2D eigenvalue weighted by Crippen LogP contribution is 2.47. The van der Waals surface area contributed by atoms with Gasteiger partial charge < -0.3 is 9.64 Å². The van der Waals surface area contributed by atoms with Gasteiger partial charge in [0.1, 0.15) is 11.7 Å². The van der Waals surface area contributed by atoms with Crippen molar-refractivity contribution in [2.24, 2.45) is 5.92 Å². The lowest BCUT2D eigenvalue weighted by Crippen LogP contribution is -2.37. The van der Waals surface area contributed by atoms with Crippen molar-refractivity contribution in [3.05, 3.63) is 84.4 Å². The molecule has 2 heterocycles. The van der Waals surface area contributed by atoms with Crippen molar-refractivity contribution in [3.8, 4) is 5.75 Å². The third-order valence-corrected chi connectivity index (χ3v) is 7.06. The Bertz CT molecular complexity index is 1230. The fourth-order valence-electron chi connectivity index (χ4n) is 5.19. The summed E-state index contributed by atoms with van der Waals surface area (Å²) in [5.41, 5.74) is 3.38. The Balaban J connectivity index is 1.48. The Labute approximate surface area is 218 Å². The van der Waals surface area contributed by atoms with Gasteiger partial charge in [-0.25, -0.2) is 9.96 Å². The maximum atomic E-state index is 13.8. The molecule has 0 radical (unpaired) electrons. The Morgan fingerprint density at radius 1 is 0.811 bits per heavy atom. The monoisotopic (exact) mass is 499 g/mol. The molecule has 0 spiro atoms. The van der Waals surface area contributed by atoms with E-state index in [4.69, 9.17) is 9.57 Å². The standard InChI is InChI=1S/C30H33N3O4/c1-4-20-36-25-18-16-23(17-19-25)32-29(34)26-27(21-12-14-22(15-13-21)31(5-2)6-3)33(37-28(26)30(32)35)24-10-8-7-9-11-24/h7-19,26-28H,4-6,20H2,1-3H3/t26-,27-,28-/m1/s1. The van der Waals surface area contributed by atoms with Gasteiger partial charge in [0.25, 0.3) is 5.91 Å². The quantitative estimate of drug-likeness (QED) is 0.369. The van der Waals surface area contributed by atoms with Crippen LogP contribution >= 0.6 is 0 Å². The molecule has 2 aliphatic heterocycles. The van der Waals surface area contributed by atoms with E-state index in [0.29, 0.717) is 18.0 Å². The number of hydrogen-bond acceptors (Lipinski definition) is 6. The molecule has 3 aromatic rings. The van der Waals surface area contributed by atoms with Crippen LogP contribution in [-0.4, -0.2) is 37.6 Å². The van der Waals surface area contributed by atoms with Crippen LogP contribution in [0.5, 0.6) is 5.75 Å². The van der Waals surface area contributed by atoms with Gasteiger partial charge in [-0.2, -0.15) is 0 Å². The van der Waals surface area contributed by atoms with Crippen molar-refractivity contribution in [3.63, 3.8) is 0 Å². The molecule has 37 heavy (non-hydrogen) atoms. The molecule has 2 fully saturated rings. The predicted octanol–water partition coefficient (Wildman–Crippen LogP) is 5.37. The smallest absolute Gasteiger partial charge is 0.266 e. The average molecular weight is 500 g/mol. The van der Waals surface area contributed by atoms with Gasteiger partial charge in [0.05, 0.1) is 24.0 Å². The summed E-state index contributed by atoms with van der Waals surface area (Å²) < 4.78 is 5.66. The first-order valence-corrected chi connectivity index (χ1v) is 13.0. The second-order valence-electron chi connectivity index (χ2n) is 9.28. The van der Waals surface area contributed by atoms with E-state index >= 15 is 0 Å². The number of ether oxygens (including phenoxy) is 1. The van der Waals surface area contributed by atoms with Crippen molar-refractivity contribution < 1.29 is 19.2 Å². The summed E-state index contributed by atoms with van der Waals surface area (Å²) in [6, 6.07) is 24.5. The maximum absolute atomic E-state index is 13.8. The molecule has 0 aromatic heterocycles. The largest absolute Gasteiger partial charge is 0.494 e. The first-order chi connectivity index (χ1) is 18.1. The summed E-state index contributed by atoms with van der Waals surface area (Å²) in [6.45, 7) is 8.73. The molecule has 0 bridgehead atoms. The zero-order valence-corrected chi connectivity index (χ0v) is 21.5. The van der Waals surface area contributed by atoms with Crippen LogP contribution in [0.2, 0.25) is 0 Å². The molecule has 0 saturated carbocycles. The van der Waals surface area contributed by atoms with Crippen LogP contribution in [0, 0.1) is 5.92 Å². The number of rotatable bonds is 9. The van der Waals surface area contributed by atoms with Gasteiger partial charge in [-0.1, -0.05) is 37.3 Å². The SMILES string of the molecule is CCCOc1ccc(N2C(=O)[C@@H]3[C@@H](c4ccc(N(CC)CC)cc4)N(c4ccccc4)O[C@H]3C2=O)cc1. The molecular weight excluding hydrogens is 466 g/mol. The summed E-state index contributed by atoms with van der Waals surface area (Å²) in [5, 5.41) is 1.73. The number of fused-ring (bicyclic) bond motifs is 1. The summed E-state index contributed by atoms with van der Waals surface area (Å²) in [4.78, 5) is 37.2. The van der Waals surface area contributed by atoms with Gasteiger partial charge >= 0.3 is 0 Å². The van der Waals surface area contributed by atoms with Gasteiger partial charge in [0.15, 0.2) is 6.10 Å². The Kier molecular flexibility index (Phi) is 7.15. The van der Waals surface area contributed by atoms with E-state index in [-0.39, 0.29) is 11.8 Å². The number of para-hydroxylation sites is 1. The average Bonchev–Trinajstić information content (AvgIpc) is 3.45. The molecular formula is C30H33N3O4. The van der Waals surface area contributed by atoms with E-state index in [2.05, 4.69) is 30.9 Å². The second-order valence-corrected chi connectivity index (χ2v) is 9.28. The van der Waals surface area contributed by atoms with Crippen molar-refractivity contribution in [2.75, 3.05) is 34.6 Å². The fraction of sp³-hybridized carbons (Fsp3) is 0.333. The van der Waals surface area contributed by atoms with Crippen molar-refractivity contribution in [2.45, 2.75) is 39.3 Å². The lowest BCUT2D eigenvalue weighted by Gasteiger charge is -2.29. The van der Waals surface area contributed by atoms with Gasteiger partial charge in [-0.05, 0) is 74.4 Å². The number of imide groups is 1. The fourth-order valence-corrected chi connectivity index (χ4v) is 5.19. The van der Waals surface area contributed by atoms with Crippen LogP contribution in [0.25, 0.3) is 0 Å². The lowest BCUT2D eigenvalue weighted by molar-refractivity contribution is -0.126. The third kappa shape index (κ3) is 4.55. The zero-order valence-electron chi connectivity index (χ0n) is 21.5. The van der Waals surface area contributed by atoms with Gasteiger partial charge in [-0.3, -0.25) is 14.4 Å². The molecule has 7 heteroatoms. The van der Waals surface area contributed by atoms with Crippen LogP contribution in [0.3, 0.4) is 0 Å². The molecule has 3 atom stereocenters. The first-order valence-electron chi connectivity index (χ1n) is 13.0. The van der Waals surface area contributed by atoms with Gasteiger partial charge in [-0.15, -0.1) is 0 Å². The number of hydrogen-bond donors (Lipinski definition) is 0. The summed E-state index contributed by atoms with van der Waals surface area (Å²) in [7, 11) is 0. The molecule has 0 aliphatic carbocycles. The van der Waals surface area contributed by atoms with Crippen molar-refractivity contribution >= 4 is 28.9 Å².